The van der Waals surface area contributed by atoms with Crippen molar-refractivity contribution in [1.82, 2.24) is 10.1 Å². The number of hydrogen-bond acceptors (Lipinski definition) is 5. The molecule has 1 aromatic heterocycles. The zero-order valence-electron chi connectivity index (χ0n) is 17.1. The Hall–Kier alpha value is -1.69. The van der Waals surface area contributed by atoms with Gasteiger partial charge in [-0.2, -0.15) is 4.98 Å². The van der Waals surface area contributed by atoms with Gasteiger partial charge in [-0.25, -0.2) is 0 Å². The molecule has 2 aromatic rings. The summed E-state index contributed by atoms with van der Waals surface area (Å²) in [7, 11) is 0. The van der Waals surface area contributed by atoms with Crippen molar-refractivity contribution in [3.05, 3.63) is 45.5 Å². The summed E-state index contributed by atoms with van der Waals surface area (Å²) in [5.74, 6) is 1.36. The van der Waals surface area contributed by atoms with Gasteiger partial charge in [0.2, 0.25) is 11.7 Å². The van der Waals surface area contributed by atoms with Crippen molar-refractivity contribution in [3.63, 3.8) is 0 Å². The Balaban J connectivity index is 1.47. The van der Waals surface area contributed by atoms with Gasteiger partial charge in [0, 0.05) is 10.4 Å². The van der Waals surface area contributed by atoms with Gasteiger partial charge >= 0.3 is 5.97 Å². The minimum atomic E-state index is -0.570. The van der Waals surface area contributed by atoms with E-state index in [1.54, 1.807) is 0 Å². The molecule has 0 spiro atoms. The molecule has 0 unspecified atom stereocenters. The third-order valence-electron chi connectivity index (χ3n) is 6.58. The number of carbonyl (C=O) groups excluding carboxylic acids is 1. The van der Waals surface area contributed by atoms with E-state index >= 15 is 0 Å². The maximum absolute atomic E-state index is 13.3. The van der Waals surface area contributed by atoms with E-state index in [4.69, 9.17) is 9.26 Å². The van der Waals surface area contributed by atoms with E-state index in [2.05, 4.69) is 45.1 Å². The lowest BCUT2D eigenvalue weighted by atomic mass is 9.69. The first-order valence-electron chi connectivity index (χ1n) is 10.8. The minimum Gasteiger partial charge on any atom is -0.457 e. The van der Waals surface area contributed by atoms with Crippen LogP contribution >= 0.6 is 15.9 Å². The van der Waals surface area contributed by atoms with Gasteiger partial charge in [-0.05, 0) is 49.8 Å². The summed E-state index contributed by atoms with van der Waals surface area (Å²) >= 11 is 3.56. The molecule has 0 amide bonds. The van der Waals surface area contributed by atoms with E-state index in [1.165, 1.54) is 25.7 Å². The van der Waals surface area contributed by atoms with Crippen LogP contribution in [0.15, 0.2) is 27.2 Å². The minimum absolute atomic E-state index is 0.0757. The second-order valence-corrected chi connectivity index (χ2v) is 9.42. The SMILES string of the molecule is Cc1cc(C2(C(=O)OCc3noc(C4CCCCC4)n3)CCCCC2)ccc1Br. The molecule has 2 aliphatic carbocycles. The van der Waals surface area contributed by atoms with Gasteiger partial charge in [-0.3, -0.25) is 4.79 Å². The van der Waals surface area contributed by atoms with Crippen molar-refractivity contribution < 1.29 is 14.1 Å². The number of carbonyl (C=O) groups is 1. The number of hydrogen-bond donors (Lipinski definition) is 0. The number of benzene rings is 1. The first-order valence-corrected chi connectivity index (χ1v) is 11.6. The molecule has 6 heteroatoms. The van der Waals surface area contributed by atoms with Gasteiger partial charge in [0.25, 0.3) is 0 Å². The summed E-state index contributed by atoms with van der Waals surface area (Å²) in [5.41, 5.74) is 1.62. The maximum Gasteiger partial charge on any atom is 0.317 e. The summed E-state index contributed by atoms with van der Waals surface area (Å²) in [6.07, 6.45) is 10.8. The predicted octanol–water partition coefficient (Wildman–Crippen LogP) is 6.13. The van der Waals surface area contributed by atoms with E-state index in [0.29, 0.717) is 17.6 Å². The van der Waals surface area contributed by atoms with Crippen LogP contribution in [0.25, 0.3) is 0 Å². The summed E-state index contributed by atoms with van der Waals surface area (Å²) in [6.45, 7) is 2.13. The van der Waals surface area contributed by atoms with Crippen molar-refractivity contribution in [2.24, 2.45) is 0 Å². The molecule has 0 radical (unpaired) electrons. The predicted molar refractivity (Wildman–Crippen MR) is 114 cm³/mol. The van der Waals surface area contributed by atoms with Gasteiger partial charge in [0.05, 0.1) is 5.41 Å². The van der Waals surface area contributed by atoms with Crippen LogP contribution in [0.3, 0.4) is 0 Å². The molecule has 0 atom stereocenters. The van der Waals surface area contributed by atoms with Crippen LogP contribution in [-0.4, -0.2) is 16.1 Å². The van der Waals surface area contributed by atoms with Crippen LogP contribution in [0.1, 0.15) is 93.0 Å². The van der Waals surface area contributed by atoms with Crippen LogP contribution in [0.5, 0.6) is 0 Å². The van der Waals surface area contributed by atoms with Crippen molar-refractivity contribution in [1.29, 1.82) is 0 Å². The molecule has 0 saturated heterocycles. The molecular formula is C23H29BrN2O3. The Bertz CT molecular complexity index is 852. The molecule has 0 bridgehead atoms. The second-order valence-electron chi connectivity index (χ2n) is 8.57. The third kappa shape index (κ3) is 4.42. The molecule has 5 nitrogen and oxygen atoms in total. The van der Waals surface area contributed by atoms with E-state index in [1.807, 2.05) is 6.07 Å². The molecule has 4 rings (SSSR count). The highest BCUT2D eigenvalue weighted by atomic mass is 79.9. The van der Waals surface area contributed by atoms with Crippen LogP contribution in [0.2, 0.25) is 0 Å². The molecule has 2 aliphatic rings. The Labute approximate surface area is 180 Å². The molecule has 156 valence electrons. The van der Waals surface area contributed by atoms with E-state index in [0.717, 1.165) is 54.1 Å². The molecule has 29 heavy (non-hydrogen) atoms. The molecule has 0 N–H and O–H groups in total. The fourth-order valence-electron chi connectivity index (χ4n) is 4.82. The first kappa shape index (κ1) is 20.6. The van der Waals surface area contributed by atoms with E-state index in [9.17, 15) is 4.79 Å². The van der Waals surface area contributed by atoms with Gasteiger partial charge in [0.1, 0.15) is 0 Å². The number of aromatic nitrogens is 2. The van der Waals surface area contributed by atoms with Crippen LogP contribution < -0.4 is 0 Å². The van der Waals surface area contributed by atoms with E-state index < -0.39 is 5.41 Å². The normalized spacial score (nSPS) is 19.8. The number of ether oxygens (including phenoxy) is 1. The molecule has 1 heterocycles. The first-order chi connectivity index (χ1) is 14.1. The van der Waals surface area contributed by atoms with Crippen molar-refractivity contribution in [2.75, 3.05) is 0 Å². The summed E-state index contributed by atoms with van der Waals surface area (Å²) in [5, 5.41) is 4.06. The lowest BCUT2D eigenvalue weighted by Gasteiger charge is -2.35. The monoisotopic (exact) mass is 460 g/mol. The standard InChI is InChI=1S/C23H29BrN2O3/c1-16-14-18(10-11-19(16)24)23(12-6-3-7-13-23)22(27)28-15-20-25-21(29-26-20)17-8-4-2-5-9-17/h10-11,14,17H,2-9,12-13,15H2,1H3. The smallest absolute Gasteiger partial charge is 0.317 e. The van der Waals surface area contributed by atoms with Gasteiger partial charge in [0.15, 0.2) is 6.61 Å². The molecule has 2 fully saturated rings. The van der Waals surface area contributed by atoms with Crippen molar-refractivity contribution >= 4 is 21.9 Å². The Morgan fingerprint density at radius 3 is 2.62 bits per heavy atom. The summed E-state index contributed by atoms with van der Waals surface area (Å²) in [6, 6.07) is 6.20. The molecule has 0 aliphatic heterocycles. The number of aryl methyl sites for hydroxylation is 1. The summed E-state index contributed by atoms with van der Waals surface area (Å²) in [4.78, 5) is 17.8. The highest BCUT2D eigenvalue weighted by Gasteiger charge is 2.43. The number of halogens is 1. The molecular weight excluding hydrogens is 432 g/mol. The van der Waals surface area contributed by atoms with Gasteiger partial charge < -0.3 is 9.26 Å². The lowest BCUT2D eigenvalue weighted by Crippen LogP contribution is -2.39. The number of nitrogens with zero attached hydrogens (tertiary/aromatic N) is 2. The Kier molecular flexibility index (Phi) is 6.38. The fourth-order valence-corrected chi connectivity index (χ4v) is 5.06. The average molecular weight is 461 g/mol. The topological polar surface area (TPSA) is 65.2 Å². The van der Waals surface area contributed by atoms with E-state index in [-0.39, 0.29) is 12.6 Å². The summed E-state index contributed by atoms with van der Waals surface area (Å²) < 4.78 is 12.3. The maximum atomic E-state index is 13.3. The highest BCUT2D eigenvalue weighted by molar-refractivity contribution is 9.10. The molecule has 1 aromatic carbocycles. The van der Waals surface area contributed by atoms with Gasteiger partial charge in [-0.15, -0.1) is 0 Å². The van der Waals surface area contributed by atoms with Crippen molar-refractivity contribution in [3.8, 4) is 0 Å². The Morgan fingerprint density at radius 1 is 1.17 bits per heavy atom. The third-order valence-corrected chi connectivity index (χ3v) is 7.47. The second kappa shape index (κ2) is 8.99. The number of esters is 1. The van der Waals surface area contributed by atoms with Crippen LogP contribution in [0.4, 0.5) is 0 Å². The molecule has 2 saturated carbocycles. The van der Waals surface area contributed by atoms with Gasteiger partial charge in [-0.1, -0.05) is 71.7 Å². The fraction of sp³-hybridized carbons (Fsp3) is 0.609. The average Bonchev–Trinajstić information content (AvgIpc) is 3.24. The lowest BCUT2D eigenvalue weighted by molar-refractivity contribution is -0.154. The zero-order valence-corrected chi connectivity index (χ0v) is 18.7. The Morgan fingerprint density at radius 2 is 1.90 bits per heavy atom. The number of rotatable bonds is 5. The quantitative estimate of drug-likeness (QED) is 0.501. The van der Waals surface area contributed by atoms with Crippen LogP contribution in [-0.2, 0) is 21.6 Å². The van der Waals surface area contributed by atoms with Crippen molar-refractivity contribution in [2.45, 2.75) is 89.1 Å². The largest absolute Gasteiger partial charge is 0.457 e. The van der Waals surface area contributed by atoms with Crippen LogP contribution in [0, 0.1) is 6.92 Å². The highest BCUT2D eigenvalue weighted by Crippen LogP contribution is 2.41. The zero-order chi connectivity index (χ0) is 20.3.